The number of aromatic nitrogens is 2. The second-order valence-corrected chi connectivity index (χ2v) is 7.61. The summed E-state index contributed by atoms with van der Waals surface area (Å²) in [6, 6.07) is 15.9. The molecule has 1 aliphatic carbocycles. The molecule has 0 unspecified atom stereocenters. The Balaban J connectivity index is 1.42. The van der Waals surface area contributed by atoms with Crippen LogP contribution in [0.2, 0.25) is 0 Å². The van der Waals surface area contributed by atoms with Gasteiger partial charge in [0.05, 0.1) is 0 Å². The molecule has 0 aliphatic heterocycles. The Morgan fingerprint density at radius 1 is 1.07 bits per heavy atom. The quantitative estimate of drug-likeness (QED) is 0.709. The molecule has 6 heteroatoms. The summed E-state index contributed by atoms with van der Waals surface area (Å²) in [5.41, 5.74) is 3.56. The lowest BCUT2D eigenvalue weighted by Crippen LogP contribution is -2.30. The van der Waals surface area contributed by atoms with Crippen molar-refractivity contribution in [1.82, 2.24) is 10.2 Å². The van der Waals surface area contributed by atoms with Gasteiger partial charge < -0.3 is 4.74 Å². The zero-order chi connectivity index (χ0) is 18.6. The average Bonchev–Trinajstić information content (AvgIpc) is 3.17. The fourth-order valence-electron chi connectivity index (χ4n) is 3.28. The maximum atomic E-state index is 12.5. The van der Waals surface area contributed by atoms with E-state index in [1.165, 1.54) is 35.3 Å². The summed E-state index contributed by atoms with van der Waals surface area (Å²) in [5.74, 6) is 0.594. The highest BCUT2D eigenvalue weighted by Crippen LogP contribution is 2.30. The topological polar surface area (TPSA) is 64.1 Å². The molecule has 1 atom stereocenters. The van der Waals surface area contributed by atoms with Gasteiger partial charge in [-0.1, -0.05) is 53.8 Å². The third-order valence-corrected chi connectivity index (χ3v) is 5.59. The van der Waals surface area contributed by atoms with E-state index in [1.54, 1.807) is 6.92 Å². The summed E-state index contributed by atoms with van der Waals surface area (Å²) < 4.78 is 5.98. The van der Waals surface area contributed by atoms with E-state index in [-0.39, 0.29) is 5.91 Å². The molecule has 0 bridgehead atoms. The Morgan fingerprint density at radius 3 is 2.74 bits per heavy atom. The lowest BCUT2D eigenvalue weighted by molar-refractivity contribution is -0.122. The van der Waals surface area contributed by atoms with E-state index in [0.717, 1.165) is 29.2 Å². The van der Waals surface area contributed by atoms with Gasteiger partial charge >= 0.3 is 0 Å². The van der Waals surface area contributed by atoms with Crippen LogP contribution < -0.4 is 10.1 Å². The molecule has 4 rings (SSSR count). The SMILES string of the molecule is C[C@@H](Oc1cccc2c1CCCC2)C(=O)Nc1nnc(-c2ccccc2)s1. The van der Waals surface area contributed by atoms with Crippen molar-refractivity contribution >= 4 is 22.4 Å². The highest BCUT2D eigenvalue weighted by atomic mass is 32.1. The van der Waals surface area contributed by atoms with Crippen LogP contribution in [0.3, 0.4) is 0 Å². The lowest BCUT2D eigenvalue weighted by Gasteiger charge is -2.21. The minimum atomic E-state index is -0.609. The van der Waals surface area contributed by atoms with E-state index in [2.05, 4.69) is 21.6 Å². The van der Waals surface area contributed by atoms with Crippen molar-refractivity contribution in [2.75, 3.05) is 5.32 Å². The molecule has 1 aromatic heterocycles. The van der Waals surface area contributed by atoms with Crippen molar-refractivity contribution in [1.29, 1.82) is 0 Å². The number of hydrogen-bond acceptors (Lipinski definition) is 5. The number of aryl methyl sites for hydroxylation is 1. The first-order chi connectivity index (χ1) is 13.2. The average molecular weight is 379 g/mol. The number of carbonyl (C=O) groups excluding carboxylic acids is 1. The summed E-state index contributed by atoms with van der Waals surface area (Å²) >= 11 is 1.35. The van der Waals surface area contributed by atoms with Gasteiger partial charge in [0.2, 0.25) is 5.13 Å². The number of carbonyl (C=O) groups is 1. The largest absolute Gasteiger partial charge is 0.481 e. The van der Waals surface area contributed by atoms with Crippen LogP contribution in [0, 0.1) is 0 Å². The van der Waals surface area contributed by atoms with Crippen molar-refractivity contribution < 1.29 is 9.53 Å². The van der Waals surface area contributed by atoms with E-state index >= 15 is 0 Å². The molecular formula is C21H21N3O2S. The molecule has 27 heavy (non-hydrogen) atoms. The number of rotatable bonds is 5. The predicted molar refractivity (Wildman–Crippen MR) is 107 cm³/mol. The van der Waals surface area contributed by atoms with Gasteiger partial charge in [-0.25, -0.2) is 0 Å². The summed E-state index contributed by atoms with van der Waals surface area (Å²) in [7, 11) is 0. The number of hydrogen-bond donors (Lipinski definition) is 1. The monoisotopic (exact) mass is 379 g/mol. The summed E-state index contributed by atoms with van der Waals surface area (Å²) in [5, 5.41) is 12.3. The molecule has 0 spiro atoms. The van der Waals surface area contributed by atoms with Crippen molar-refractivity contribution in [3.8, 4) is 16.3 Å². The van der Waals surface area contributed by atoms with Crippen LogP contribution in [0.15, 0.2) is 48.5 Å². The lowest BCUT2D eigenvalue weighted by atomic mass is 9.91. The van der Waals surface area contributed by atoms with Crippen LogP contribution in [0.4, 0.5) is 5.13 Å². The molecule has 1 N–H and O–H groups in total. The van der Waals surface area contributed by atoms with Crippen molar-refractivity contribution in [2.45, 2.75) is 38.7 Å². The Labute approximate surface area is 162 Å². The predicted octanol–water partition coefficient (Wildman–Crippen LogP) is 4.49. The smallest absolute Gasteiger partial charge is 0.266 e. The van der Waals surface area contributed by atoms with E-state index in [4.69, 9.17) is 4.74 Å². The maximum absolute atomic E-state index is 12.5. The first-order valence-electron chi connectivity index (χ1n) is 9.18. The van der Waals surface area contributed by atoms with Crippen LogP contribution in [0.5, 0.6) is 5.75 Å². The van der Waals surface area contributed by atoms with Crippen LogP contribution >= 0.6 is 11.3 Å². The molecule has 0 saturated carbocycles. The van der Waals surface area contributed by atoms with Crippen LogP contribution in [-0.2, 0) is 17.6 Å². The molecule has 1 aliphatic rings. The zero-order valence-corrected chi connectivity index (χ0v) is 16.0. The van der Waals surface area contributed by atoms with Crippen molar-refractivity contribution in [2.24, 2.45) is 0 Å². The first-order valence-corrected chi connectivity index (χ1v) is 9.99. The molecule has 2 aromatic carbocycles. The number of ether oxygens (including phenoxy) is 1. The van der Waals surface area contributed by atoms with Crippen molar-refractivity contribution in [3.63, 3.8) is 0 Å². The van der Waals surface area contributed by atoms with E-state index in [0.29, 0.717) is 5.13 Å². The van der Waals surface area contributed by atoms with Crippen LogP contribution in [-0.4, -0.2) is 22.2 Å². The molecule has 3 aromatic rings. The molecule has 1 heterocycles. The van der Waals surface area contributed by atoms with Gasteiger partial charge in [-0.2, -0.15) is 0 Å². The van der Waals surface area contributed by atoms with Gasteiger partial charge in [0.1, 0.15) is 10.8 Å². The molecular weight excluding hydrogens is 358 g/mol. The normalized spacial score (nSPS) is 14.3. The minimum absolute atomic E-state index is 0.223. The number of amides is 1. The molecule has 0 radical (unpaired) electrons. The minimum Gasteiger partial charge on any atom is -0.481 e. The van der Waals surface area contributed by atoms with E-state index in [1.807, 2.05) is 42.5 Å². The fraction of sp³-hybridized carbons (Fsp3) is 0.286. The fourth-order valence-corrected chi connectivity index (χ4v) is 4.03. The third kappa shape index (κ3) is 4.01. The molecule has 5 nitrogen and oxygen atoms in total. The number of benzene rings is 2. The molecule has 0 saturated heterocycles. The Bertz CT molecular complexity index is 940. The van der Waals surface area contributed by atoms with Gasteiger partial charge in [0, 0.05) is 5.56 Å². The third-order valence-electron chi connectivity index (χ3n) is 4.70. The van der Waals surface area contributed by atoms with Crippen LogP contribution in [0.1, 0.15) is 30.9 Å². The second kappa shape index (κ2) is 7.88. The van der Waals surface area contributed by atoms with E-state index in [9.17, 15) is 4.79 Å². The van der Waals surface area contributed by atoms with Gasteiger partial charge in [-0.3, -0.25) is 10.1 Å². The number of anilines is 1. The molecule has 0 fully saturated rings. The van der Waals surface area contributed by atoms with Crippen molar-refractivity contribution in [3.05, 3.63) is 59.7 Å². The number of fused-ring (bicyclic) bond motifs is 1. The first kappa shape index (κ1) is 17.7. The summed E-state index contributed by atoms with van der Waals surface area (Å²) in [6.07, 6.45) is 3.87. The Hall–Kier alpha value is -2.73. The van der Waals surface area contributed by atoms with E-state index < -0.39 is 6.10 Å². The standard InChI is InChI=1S/C21H21N3O2S/c1-14(26-18-13-7-11-15-8-5-6-12-17(15)18)19(25)22-21-24-23-20(27-21)16-9-3-2-4-10-16/h2-4,7,9-11,13-14H,5-6,8,12H2,1H3,(H,22,24,25)/t14-/m1/s1. The molecule has 1 amide bonds. The van der Waals surface area contributed by atoms with Gasteiger partial charge in [-0.15, -0.1) is 10.2 Å². The van der Waals surface area contributed by atoms with Gasteiger partial charge in [0.25, 0.3) is 5.91 Å². The highest BCUT2D eigenvalue weighted by Gasteiger charge is 2.20. The Morgan fingerprint density at radius 2 is 1.89 bits per heavy atom. The zero-order valence-electron chi connectivity index (χ0n) is 15.1. The summed E-state index contributed by atoms with van der Waals surface area (Å²) in [6.45, 7) is 1.76. The number of nitrogens with zero attached hydrogens (tertiary/aromatic N) is 2. The Kier molecular flexibility index (Phi) is 5.16. The second-order valence-electron chi connectivity index (χ2n) is 6.63. The molecule has 138 valence electrons. The van der Waals surface area contributed by atoms with Gasteiger partial charge in [-0.05, 0) is 49.8 Å². The maximum Gasteiger partial charge on any atom is 0.266 e. The summed E-state index contributed by atoms with van der Waals surface area (Å²) in [4.78, 5) is 12.5. The van der Waals surface area contributed by atoms with Gasteiger partial charge in [0.15, 0.2) is 6.10 Å². The number of nitrogens with one attached hydrogen (secondary N) is 1. The highest BCUT2D eigenvalue weighted by molar-refractivity contribution is 7.18. The van der Waals surface area contributed by atoms with Crippen LogP contribution in [0.25, 0.3) is 10.6 Å².